The number of nitrogens with one attached hydrogen (secondary N) is 1. The van der Waals surface area contributed by atoms with Crippen LogP contribution in [0.25, 0.3) is 0 Å². The fraction of sp³-hybridized carbons (Fsp3) is 0.273. The van der Waals surface area contributed by atoms with Crippen molar-refractivity contribution in [3.8, 4) is 0 Å². The summed E-state index contributed by atoms with van der Waals surface area (Å²) in [4.78, 5) is 11.0. The molecule has 0 spiro atoms. The highest BCUT2D eigenvalue weighted by molar-refractivity contribution is 5.28. The van der Waals surface area contributed by atoms with Gasteiger partial charge in [0.2, 0.25) is 0 Å². The molecule has 2 rings (SSSR count). The van der Waals surface area contributed by atoms with Crippen LogP contribution in [0, 0.1) is 0 Å². The standard InChI is InChI=1S/C11H13N3O/c1-2-9-8(4-3-5-13-9)11(15)10-6-12-7-14-10/h3-7,11,15H,2H2,1H3,(H,12,14)/t11-/m1/s1. The zero-order valence-electron chi connectivity index (χ0n) is 8.51. The molecule has 0 aliphatic rings. The minimum absolute atomic E-state index is 0.670. The maximum absolute atomic E-state index is 10.1. The molecule has 0 fully saturated rings. The molecule has 0 saturated heterocycles. The van der Waals surface area contributed by atoms with Crippen molar-refractivity contribution in [1.29, 1.82) is 0 Å². The van der Waals surface area contributed by atoms with Gasteiger partial charge in [0.25, 0.3) is 0 Å². The Balaban J connectivity index is 2.37. The van der Waals surface area contributed by atoms with Gasteiger partial charge >= 0.3 is 0 Å². The van der Waals surface area contributed by atoms with Crippen molar-refractivity contribution in [1.82, 2.24) is 15.0 Å². The zero-order chi connectivity index (χ0) is 10.7. The summed E-state index contributed by atoms with van der Waals surface area (Å²) in [6.45, 7) is 2.02. The predicted molar refractivity (Wildman–Crippen MR) is 56.3 cm³/mol. The average Bonchev–Trinajstić information content (AvgIpc) is 2.81. The summed E-state index contributed by atoms with van der Waals surface area (Å²) in [5.74, 6) is 0. The zero-order valence-corrected chi connectivity index (χ0v) is 8.51. The van der Waals surface area contributed by atoms with E-state index in [0.717, 1.165) is 17.7 Å². The van der Waals surface area contributed by atoms with Crippen LogP contribution in [0.1, 0.15) is 30.0 Å². The van der Waals surface area contributed by atoms with Crippen LogP contribution in [-0.4, -0.2) is 20.1 Å². The van der Waals surface area contributed by atoms with Gasteiger partial charge in [-0.25, -0.2) is 4.98 Å². The minimum Gasteiger partial charge on any atom is -0.382 e. The topological polar surface area (TPSA) is 61.8 Å². The van der Waals surface area contributed by atoms with Gasteiger partial charge in [-0.15, -0.1) is 0 Å². The number of aromatic amines is 1. The number of pyridine rings is 1. The summed E-state index contributed by atoms with van der Waals surface area (Å²) in [6.07, 6.45) is 5.05. The van der Waals surface area contributed by atoms with Gasteiger partial charge < -0.3 is 10.1 Å². The molecular weight excluding hydrogens is 190 g/mol. The molecule has 0 unspecified atom stereocenters. The third kappa shape index (κ3) is 1.89. The van der Waals surface area contributed by atoms with E-state index in [1.807, 2.05) is 19.1 Å². The molecular formula is C11H13N3O. The summed E-state index contributed by atoms with van der Waals surface area (Å²) in [7, 11) is 0. The molecule has 0 radical (unpaired) electrons. The first-order valence-corrected chi connectivity index (χ1v) is 4.93. The summed E-state index contributed by atoms with van der Waals surface area (Å²) in [5.41, 5.74) is 2.45. The number of hydrogen-bond acceptors (Lipinski definition) is 3. The maximum atomic E-state index is 10.1. The number of aromatic nitrogens is 3. The van der Waals surface area contributed by atoms with Gasteiger partial charge in [-0.05, 0) is 12.5 Å². The van der Waals surface area contributed by atoms with Crippen LogP contribution in [0.4, 0.5) is 0 Å². The molecule has 0 aliphatic carbocycles. The quantitative estimate of drug-likeness (QED) is 0.793. The number of aliphatic hydroxyl groups excluding tert-OH is 1. The minimum atomic E-state index is -0.670. The molecule has 78 valence electrons. The van der Waals surface area contributed by atoms with Gasteiger partial charge in [-0.2, -0.15) is 0 Å². The Kier molecular flexibility index (Phi) is 2.78. The second kappa shape index (κ2) is 4.23. The van der Waals surface area contributed by atoms with E-state index in [-0.39, 0.29) is 0 Å². The molecule has 1 atom stereocenters. The molecule has 2 N–H and O–H groups in total. The first-order chi connectivity index (χ1) is 7.33. The molecule has 15 heavy (non-hydrogen) atoms. The normalized spacial score (nSPS) is 12.7. The fourth-order valence-corrected chi connectivity index (χ4v) is 1.58. The highest BCUT2D eigenvalue weighted by Gasteiger charge is 2.14. The van der Waals surface area contributed by atoms with Crippen LogP contribution in [0.3, 0.4) is 0 Å². The first-order valence-electron chi connectivity index (χ1n) is 4.93. The maximum Gasteiger partial charge on any atom is 0.122 e. The van der Waals surface area contributed by atoms with Gasteiger partial charge in [-0.1, -0.05) is 13.0 Å². The second-order valence-electron chi connectivity index (χ2n) is 3.30. The average molecular weight is 203 g/mol. The van der Waals surface area contributed by atoms with Crippen LogP contribution in [0.5, 0.6) is 0 Å². The molecule has 0 amide bonds. The lowest BCUT2D eigenvalue weighted by Gasteiger charge is -2.11. The van der Waals surface area contributed by atoms with Gasteiger partial charge in [-0.3, -0.25) is 4.98 Å². The SMILES string of the molecule is CCc1ncccc1[C@@H](O)c1cnc[nH]1. The van der Waals surface area contributed by atoms with Crippen LogP contribution in [0.2, 0.25) is 0 Å². The number of imidazole rings is 1. The molecule has 2 heterocycles. The van der Waals surface area contributed by atoms with Crippen molar-refractivity contribution < 1.29 is 5.11 Å². The Morgan fingerprint density at radius 2 is 2.40 bits per heavy atom. The van der Waals surface area contributed by atoms with Crippen LogP contribution >= 0.6 is 0 Å². The predicted octanol–water partition coefficient (Wildman–Crippen LogP) is 1.45. The number of H-pyrrole nitrogens is 1. The lowest BCUT2D eigenvalue weighted by atomic mass is 10.0. The number of aryl methyl sites for hydroxylation is 1. The van der Waals surface area contributed by atoms with E-state index in [1.54, 1.807) is 18.7 Å². The van der Waals surface area contributed by atoms with E-state index in [2.05, 4.69) is 15.0 Å². The number of rotatable bonds is 3. The van der Waals surface area contributed by atoms with Gasteiger partial charge in [0, 0.05) is 17.5 Å². The lowest BCUT2D eigenvalue weighted by molar-refractivity contribution is 0.214. The molecule has 4 heteroatoms. The summed E-state index contributed by atoms with van der Waals surface area (Å²) < 4.78 is 0. The fourth-order valence-electron chi connectivity index (χ4n) is 1.58. The molecule has 2 aromatic heterocycles. The first kappa shape index (κ1) is 9.86. The highest BCUT2D eigenvalue weighted by Crippen LogP contribution is 2.21. The van der Waals surface area contributed by atoms with Crippen molar-refractivity contribution in [3.63, 3.8) is 0 Å². The van der Waals surface area contributed by atoms with E-state index >= 15 is 0 Å². The van der Waals surface area contributed by atoms with Crippen LogP contribution in [-0.2, 0) is 6.42 Å². The monoisotopic (exact) mass is 203 g/mol. The largest absolute Gasteiger partial charge is 0.382 e. The third-order valence-electron chi connectivity index (χ3n) is 2.37. The molecule has 0 bridgehead atoms. The molecule has 0 aliphatic heterocycles. The molecule has 2 aromatic rings. The van der Waals surface area contributed by atoms with Gasteiger partial charge in [0.15, 0.2) is 0 Å². The van der Waals surface area contributed by atoms with Gasteiger partial charge in [0.1, 0.15) is 6.10 Å². The van der Waals surface area contributed by atoms with E-state index in [4.69, 9.17) is 0 Å². The van der Waals surface area contributed by atoms with Gasteiger partial charge in [0.05, 0.1) is 18.2 Å². The van der Waals surface area contributed by atoms with Crippen molar-refractivity contribution >= 4 is 0 Å². The van der Waals surface area contributed by atoms with Crippen LogP contribution < -0.4 is 0 Å². The molecule has 4 nitrogen and oxygen atoms in total. The van der Waals surface area contributed by atoms with Crippen molar-refractivity contribution in [2.24, 2.45) is 0 Å². The summed E-state index contributed by atoms with van der Waals surface area (Å²) >= 11 is 0. The number of nitrogens with zero attached hydrogens (tertiary/aromatic N) is 2. The second-order valence-corrected chi connectivity index (χ2v) is 3.30. The third-order valence-corrected chi connectivity index (χ3v) is 2.37. The number of aliphatic hydroxyl groups is 1. The summed E-state index contributed by atoms with van der Waals surface area (Å²) in [6, 6.07) is 3.71. The van der Waals surface area contributed by atoms with E-state index in [9.17, 15) is 5.11 Å². The van der Waals surface area contributed by atoms with E-state index < -0.39 is 6.10 Å². The van der Waals surface area contributed by atoms with Crippen molar-refractivity contribution in [2.45, 2.75) is 19.4 Å². The Morgan fingerprint density at radius 1 is 1.53 bits per heavy atom. The smallest absolute Gasteiger partial charge is 0.122 e. The Labute approximate surface area is 88.0 Å². The Hall–Kier alpha value is -1.68. The number of hydrogen-bond donors (Lipinski definition) is 2. The molecule has 0 saturated carbocycles. The van der Waals surface area contributed by atoms with E-state index in [0.29, 0.717) is 5.69 Å². The highest BCUT2D eigenvalue weighted by atomic mass is 16.3. The Bertz CT molecular complexity index is 425. The van der Waals surface area contributed by atoms with Crippen molar-refractivity contribution in [3.05, 3.63) is 47.8 Å². The van der Waals surface area contributed by atoms with Crippen molar-refractivity contribution in [2.75, 3.05) is 0 Å². The van der Waals surface area contributed by atoms with Crippen LogP contribution in [0.15, 0.2) is 30.9 Å². The lowest BCUT2D eigenvalue weighted by Crippen LogP contribution is -2.05. The van der Waals surface area contributed by atoms with E-state index in [1.165, 1.54) is 0 Å². The summed E-state index contributed by atoms with van der Waals surface area (Å²) in [5, 5.41) is 10.1. The molecule has 0 aromatic carbocycles. The Morgan fingerprint density at radius 3 is 3.07 bits per heavy atom.